The highest BCUT2D eigenvalue weighted by atomic mass is 79.9. The SMILES string of the molecule is N#Cc1cc(C(=O)N2CCn3c(c(C(=O)NCc4ccccc4-c4ncccn4)n(-c4ccc(-n5cccn5)cc4)c3=O)C2)ccc1Br. The third kappa shape index (κ3) is 5.69. The van der Waals surface area contributed by atoms with Crippen LogP contribution in [0.1, 0.15) is 37.7 Å². The summed E-state index contributed by atoms with van der Waals surface area (Å²) in [5.41, 5.74) is 3.67. The fraction of sp³-hybridized carbons (Fsp3) is 0.114. The maximum Gasteiger partial charge on any atom is 0.333 e. The molecule has 0 saturated carbocycles. The Balaban J connectivity index is 1.26. The Morgan fingerprint density at radius 2 is 1.69 bits per heavy atom. The Morgan fingerprint density at radius 1 is 0.917 bits per heavy atom. The molecule has 0 bridgehead atoms. The van der Waals surface area contributed by atoms with E-state index in [0.29, 0.717) is 32.8 Å². The molecule has 0 fully saturated rings. The van der Waals surface area contributed by atoms with E-state index in [4.69, 9.17) is 0 Å². The number of carbonyl (C=O) groups is 2. The van der Waals surface area contributed by atoms with Crippen molar-refractivity contribution in [3.8, 4) is 28.8 Å². The van der Waals surface area contributed by atoms with Crippen molar-refractivity contribution in [2.24, 2.45) is 0 Å². The number of amides is 2. The van der Waals surface area contributed by atoms with Crippen molar-refractivity contribution in [2.45, 2.75) is 19.6 Å². The van der Waals surface area contributed by atoms with Gasteiger partial charge in [0.15, 0.2) is 5.82 Å². The second-order valence-electron chi connectivity index (χ2n) is 11.0. The van der Waals surface area contributed by atoms with E-state index in [1.807, 2.05) is 48.7 Å². The minimum absolute atomic E-state index is 0.0155. The van der Waals surface area contributed by atoms with Crippen LogP contribution in [0.3, 0.4) is 0 Å². The van der Waals surface area contributed by atoms with Crippen LogP contribution in [0.2, 0.25) is 0 Å². The summed E-state index contributed by atoms with van der Waals surface area (Å²) in [6, 6.07) is 25.1. The molecular formula is C35H26BrN9O3. The van der Waals surface area contributed by atoms with Crippen LogP contribution in [-0.2, 0) is 19.6 Å². The van der Waals surface area contributed by atoms with Crippen molar-refractivity contribution in [1.82, 2.24) is 39.1 Å². The largest absolute Gasteiger partial charge is 0.347 e. The molecule has 0 aliphatic carbocycles. The molecule has 1 aliphatic rings. The van der Waals surface area contributed by atoms with Gasteiger partial charge in [-0.25, -0.2) is 19.4 Å². The minimum Gasteiger partial charge on any atom is -0.347 e. The van der Waals surface area contributed by atoms with Crippen LogP contribution in [0.15, 0.2) is 113 Å². The molecule has 6 aromatic rings. The van der Waals surface area contributed by atoms with Gasteiger partial charge in [-0.2, -0.15) is 10.4 Å². The molecule has 2 amide bonds. The molecule has 1 aliphatic heterocycles. The van der Waals surface area contributed by atoms with E-state index in [9.17, 15) is 19.6 Å². The number of fused-ring (bicyclic) bond motifs is 1. The van der Waals surface area contributed by atoms with Gasteiger partial charge in [0.2, 0.25) is 0 Å². The number of imidazole rings is 1. The second-order valence-corrected chi connectivity index (χ2v) is 11.8. The third-order valence-corrected chi connectivity index (χ3v) is 8.85. The Labute approximate surface area is 282 Å². The molecule has 4 heterocycles. The molecule has 1 N–H and O–H groups in total. The number of carbonyl (C=O) groups excluding carboxylic acids is 2. The Morgan fingerprint density at radius 3 is 2.44 bits per heavy atom. The molecular weight excluding hydrogens is 674 g/mol. The van der Waals surface area contributed by atoms with E-state index in [-0.39, 0.29) is 43.5 Å². The van der Waals surface area contributed by atoms with Crippen molar-refractivity contribution < 1.29 is 9.59 Å². The van der Waals surface area contributed by atoms with Crippen LogP contribution < -0.4 is 11.0 Å². The standard InChI is InChI=1S/C35H26BrN9O3/c36-29-12-7-23(19-25(29)20-37)34(47)42-17-18-43-30(22-42)31(45(35(43)48)27-10-8-26(9-11-27)44-16-4-15-41-44)33(46)40-21-24-5-1-2-6-28(24)32-38-13-3-14-39-32/h1-16,19H,17-18,21-22H2,(H,40,46). The zero-order valence-corrected chi connectivity index (χ0v) is 26.9. The lowest BCUT2D eigenvalue weighted by Gasteiger charge is -2.28. The number of nitrogens with zero attached hydrogens (tertiary/aromatic N) is 8. The van der Waals surface area contributed by atoms with Crippen molar-refractivity contribution in [2.75, 3.05) is 6.54 Å². The molecule has 12 nitrogen and oxygen atoms in total. The lowest BCUT2D eigenvalue weighted by atomic mass is 10.1. The third-order valence-electron chi connectivity index (χ3n) is 8.16. The Hall–Kier alpha value is -6.13. The normalized spacial score (nSPS) is 12.3. The number of hydrogen-bond donors (Lipinski definition) is 1. The monoisotopic (exact) mass is 699 g/mol. The van der Waals surface area contributed by atoms with Gasteiger partial charge in [-0.3, -0.25) is 18.7 Å². The first-order chi connectivity index (χ1) is 23.4. The van der Waals surface area contributed by atoms with E-state index in [1.54, 1.807) is 63.1 Å². The number of benzene rings is 3. The summed E-state index contributed by atoms with van der Waals surface area (Å²) in [5, 5.41) is 16.8. The van der Waals surface area contributed by atoms with Gasteiger partial charge < -0.3 is 10.2 Å². The van der Waals surface area contributed by atoms with Gasteiger partial charge in [0.05, 0.1) is 29.2 Å². The van der Waals surface area contributed by atoms with Gasteiger partial charge in [-0.1, -0.05) is 24.3 Å². The fourth-order valence-corrected chi connectivity index (χ4v) is 6.13. The fourth-order valence-electron chi connectivity index (χ4n) is 5.80. The molecule has 0 saturated heterocycles. The minimum atomic E-state index is -0.481. The molecule has 236 valence electrons. The Kier molecular flexibility index (Phi) is 8.22. The number of aromatic nitrogens is 6. The van der Waals surface area contributed by atoms with Crippen LogP contribution in [0.5, 0.6) is 0 Å². The van der Waals surface area contributed by atoms with Crippen LogP contribution in [-0.4, -0.2) is 52.1 Å². The van der Waals surface area contributed by atoms with Gasteiger partial charge in [0.1, 0.15) is 11.8 Å². The summed E-state index contributed by atoms with van der Waals surface area (Å²) in [7, 11) is 0. The number of nitriles is 1. The van der Waals surface area contributed by atoms with E-state index in [2.05, 4.69) is 42.4 Å². The van der Waals surface area contributed by atoms with E-state index < -0.39 is 5.91 Å². The predicted octanol–water partition coefficient (Wildman–Crippen LogP) is 4.50. The summed E-state index contributed by atoms with van der Waals surface area (Å²) >= 11 is 3.34. The molecule has 0 radical (unpaired) electrons. The number of hydrogen-bond acceptors (Lipinski definition) is 7. The molecule has 3 aromatic heterocycles. The van der Waals surface area contributed by atoms with Gasteiger partial charge in [-0.05, 0) is 76.1 Å². The zero-order valence-electron chi connectivity index (χ0n) is 25.3. The van der Waals surface area contributed by atoms with Crippen LogP contribution in [0, 0.1) is 11.3 Å². The van der Waals surface area contributed by atoms with Crippen LogP contribution in [0.25, 0.3) is 22.8 Å². The highest BCUT2D eigenvalue weighted by Crippen LogP contribution is 2.25. The molecule has 0 spiro atoms. The van der Waals surface area contributed by atoms with Crippen molar-refractivity contribution in [1.29, 1.82) is 5.26 Å². The summed E-state index contributed by atoms with van der Waals surface area (Å²) in [6.07, 6.45) is 6.80. The summed E-state index contributed by atoms with van der Waals surface area (Å²) < 4.78 is 5.23. The summed E-state index contributed by atoms with van der Waals surface area (Å²) in [4.78, 5) is 52.2. The lowest BCUT2D eigenvalue weighted by molar-refractivity contribution is 0.0706. The molecule has 0 unspecified atom stereocenters. The second kappa shape index (κ2) is 12.9. The topological polar surface area (TPSA) is 144 Å². The zero-order chi connectivity index (χ0) is 33.2. The maximum atomic E-state index is 14.2. The van der Waals surface area contributed by atoms with Gasteiger partial charge in [0, 0.05) is 60.0 Å². The number of halogens is 1. The Bertz CT molecular complexity index is 2250. The van der Waals surface area contributed by atoms with Crippen LogP contribution in [0.4, 0.5) is 0 Å². The van der Waals surface area contributed by atoms with Crippen molar-refractivity contribution >= 4 is 27.7 Å². The summed E-state index contributed by atoms with van der Waals surface area (Å²) in [6.45, 7) is 0.593. The van der Waals surface area contributed by atoms with Crippen molar-refractivity contribution in [3.05, 3.63) is 147 Å². The van der Waals surface area contributed by atoms with Gasteiger partial charge in [0.25, 0.3) is 11.8 Å². The van der Waals surface area contributed by atoms with Crippen molar-refractivity contribution in [3.63, 3.8) is 0 Å². The first-order valence-electron chi connectivity index (χ1n) is 15.0. The molecule has 13 heteroatoms. The van der Waals surface area contributed by atoms with E-state index in [0.717, 1.165) is 16.8 Å². The molecule has 48 heavy (non-hydrogen) atoms. The molecule has 3 aromatic carbocycles. The first kappa shape index (κ1) is 30.5. The quantitative estimate of drug-likeness (QED) is 0.258. The average molecular weight is 701 g/mol. The number of rotatable bonds is 7. The highest BCUT2D eigenvalue weighted by molar-refractivity contribution is 9.10. The summed E-state index contributed by atoms with van der Waals surface area (Å²) in [5.74, 6) is -0.262. The maximum absolute atomic E-state index is 14.2. The predicted molar refractivity (Wildman–Crippen MR) is 179 cm³/mol. The lowest BCUT2D eigenvalue weighted by Crippen LogP contribution is -2.41. The average Bonchev–Trinajstić information content (AvgIpc) is 3.78. The van der Waals surface area contributed by atoms with E-state index in [1.165, 1.54) is 10.6 Å². The highest BCUT2D eigenvalue weighted by Gasteiger charge is 2.32. The van der Waals surface area contributed by atoms with Crippen LogP contribution >= 0.6 is 15.9 Å². The van der Waals surface area contributed by atoms with Gasteiger partial charge >= 0.3 is 5.69 Å². The number of nitrogens with one attached hydrogen (secondary N) is 1. The molecule has 0 atom stereocenters. The van der Waals surface area contributed by atoms with Gasteiger partial charge in [-0.15, -0.1) is 0 Å². The smallest absolute Gasteiger partial charge is 0.333 e. The first-order valence-corrected chi connectivity index (χ1v) is 15.8. The van der Waals surface area contributed by atoms with E-state index >= 15 is 0 Å². The molecule has 7 rings (SSSR count).